The van der Waals surface area contributed by atoms with Crippen molar-refractivity contribution in [3.63, 3.8) is 0 Å². The van der Waals surface area contributed by atoms with Crippen LogP contribution in [0.2, 0.25) is 0 Å². The van der Waals surface area contributed by atoms with E-state index in [2.05, 4.69) is 22.1 Å². The van der Waals surface area contributed by atoms with Crippen LogP contribution in [0, 0.1) is 0 Å². The quantitative estimate of drug-likeness (QED) is 0.854. The Bertz CT molecular complexity index is 678. The number of nitrogens with zero attached hydrogens (tertiary/aromatic N) is 2. The smallest absolute Gasteiger partial charge is 0.270 e. The maximum atomic E-state index is 13.0. The van der Waals surface area contributed by atoms with Crippen molar-refractivity contribution in [3.8, 4) is 0 Å². The number of fused-ring (bicyclic) bond motifs is 1. The van der Waals surface area contributed by atoms with Crippen molar-refractivity contribution in [3.05, 3.63) is 23.2 Å². The largest absolute Gasteiger partial charge is 0.376 e. The van der Waals surface area contributed by atoms with Gasteiger partial charge in [0.25, 0.3) is 5.91 Å². The van der Waals surface area contributed by atoms with Crippen LogP contribution in [0.3, 0.4) is 0 Å². The zero-order valence-corrected chi connectivity index (χ0v) is 14.3. The molecular formula is C18H24N2O2S. The van der Waals surface area contributed by atoms with E-state index >= 15 is 0 Å². The number of aromatic nitrogens is 1. The number of carbonyl (C=O) groups excluding carboxylic acids is 1. The predicted molar refractivity (Wildman–Crippen MR) is 93.2 cm³/mol. The van der Waals surface area contributed by atoms with Gasteiger partial charge in [0, 0.05) is 25.1 Å². The Morgan fingerprint density at radius 3 is 2.87 bits per heavy atom. The number of carbonyl (C=O) groups is 1. The molecule has 2 fully saturated rings. The Hall–Kier alpha value is -1.33. The molecule has 4 heterocycles. The molecule has 1 amide bonds. The number of rotatable bonds is 3. The van der Waals surface area contributed by atoms with Crippen molar-refractivity contribution in [1.29, 1.82) is 0 Å². The number of piperidine rings is 1. The Balaban J connectivity index is 1.63. The molecule has 2 aromatic heterocycles. The normalized spacial score (nSPS) is 22.6. The average molecular weight is 332 g/mol. The van der Waals surface area contributed by atoms with Gasteiger partial charge in [-0.05, 0) is 56.0 Å². The second kappa shape index (κ2) is 6.65. The molecule has 0 spiro atoms. The van der Waals surface area contributed by atoms with Gasteiger partial charge in [-0.2, -0.15) is 0 Å². The Kier molecular flexibility index (Phi) is 4.40. The van der Waals surface area contributed by atoms with Crippen molar-refractivity contribution in [1.82, 2.24) is 9.47 Å². The van der Waals surface area contributed by atoms with Gasteiger partial charge >= 0.3 is 0 Å². The minimum atomic E-state index is 0.198. The minimum absolute atomic E-state index is 0.198. The zero-order chi connectivity index (χ0) is 15.6. The summed E-state index contributed by atoms with van der Waals surface area (Å²) in [7, 11) is 0. The van der Waals surface area contributed by atoms with Crippen LogP contribution in [-0.4, -0.2) is 41.2 Å². The third-order valence-electron chi connectivity index (χ3n) is 5.02. The fraction of sp³-hybridized carbons (Fsp3) is 0.611. The van der Waals surface area contributed by atoms with Crippen LogP contribution in [0.1, 0.15) is 49.0 Å². The van der Waals surface area contributed by atoms with Gasteiger partial charge in [-0.15, -0.1) is 11.3 Å². The molecule has 23 heavy (non-hydrogen) atoms. The molecular weight excluding hydrogens is 308 g/mol. The van der Waals surface area contributed by atoms with Gasteiger partial charge in [-0.3, -0.25) is 4.79 Å². The maximum Gasteiger partial charge on any atom is 0.270 e. The van der Waals surface area contributed by atoms with Gasteiger partial charge < -0.3 is 14.2 Å². The van der Waals surface area contributed by atoms with E-state index in [4.69, 9.17) is 4.74 Å². The molecule has 2 aliphatic heterocycles. The maximum absolute atomic E-state index is 13.0. The van der Waals surface area contributed by atoms with Crippen LogP contribution in [0.4, 0.5) is 0 Å². The van der Waals surface area contributed by atoms with E-state index in [9.17, 15) is 4.79 Å². The summed E-state index contributed by atoms with van der Waals surface area (Å²) < 4.78 is 8.13. The van der Waals surface area contributed by atoms with Crippen molar-refractivity contribution in [2.45, 2.75) is 51.2 Å². The lowest BCUT2D eigenvalue weighted by molar-refractivity contribution is 0.00625. The third-order valence-corrected chi connectivity index (χ3v) is 5.98. The fourth-order valence-corrected chi connectivity index (χ4v) is 4.65. The molecule has 1 unspecified atom stereocenters. The van der Waals surface area contributed by atoms with Crippen LogP contribution in [0.25, 0.3) is 10.2 Å². The number of hydrogen-bond acceptors (Lipinski definition) is 3. The van der Waals surface area contributed by atoms with E-state index in [0.717, 1.165) is 57.6 Å². The molecule has 0 aliphatic carbocycles. The lowest BCUT2D eigenvalue weighted by atomic mass is 10.1. The lowest BCUT2D eigenvalue weighted by Crippen LogP contribution is -2.37. The highest BCUT2D eigenvalue weighted by Gasteiger charge is 2.25. The lowest BCUT2D eigenvalue weighted by Gasteiger charge is -2.28. The SMILES string of the molecule is O=C(c1cc2ccsc2n1CC1CCCCO1)N1CCCCC1. The van der Waals surface area contributed by atoms with Gasteiger partial charge in [0.1, 0.15) is 10.5 Å². The number of hydrogen-bond donors (Lipinski definition) is 0. The van der Waals surface area contributed by atoms with E-state index in [1.54, 1.807) is 11.3 Å². The zero-order valence-electron chi connectivity index (χ0n) is 13.5. The Labute approximate surface area is 141 Å². The Morgan fingerprint density at radius 1 is 1.22 bits per heavy atom. The summed E-state index contributed by atoms with van der Waals surface area (Å²) in [4.78, 5) is 16.2. The monoisotopic (exact) mass is 332 g/mol. The summed E-state index contributed by atoms with van der Waals surface area (Å²) in [5, 5.41) is 3.30. The van der Waals surface area contributed by atoms with Gasteiger partial charge in [-0.25, -0.2) is 0 Å². The minimum Gasteiger partial charge on any atom is -0.376 e. The van der Waals surface area contributed by atoms with E-state index in [0.29, 0.717) is 0 Å². The van der Waals surface area contributed by atoms with Crippen molar-refractivity contribution in [2.75, 3.05) is 19.7 Å². The first kappa shape index (κ1) is 15.2. The van der Waals surface area contributed by atoms with E-state index in [-0.39, 0.29) is 12.0 Å². The molecule has 0 bridgehead atoms. The highest BCUT2D eigenvalue weighted by atomic mass is 32.1. The molecule has 2 aromatic rings. The van der Waals surface area contributed by atoms with Crippen molar-refractivity contribution in [2.24, 2.45) is 0 Å². The topological polar surface area (TPSA) is 34.5 Å². The number of thiophene rings is 1. The van der Waals surface area contributed by atoms with Crippen LogP contribution in [0.15, 0.2) is 17.5 Å². The second-order valence-corrected chi connectivity index (χ2v) is 7.56. The summed E-state index contributed by atoms with van der Waals surface area (Å²) >= 11 is 1.72. The van der Waals surface area contributed by atoms with Gasteiger partial charge in [0.15, 0.2) is 0 Å². The van der Waals surface area contributed by atoms with Crippen molar-refractivity contribution < 1.29 is 9.53 Å². The van der Waals surface area contributed by atoms with E-state index < -0.39 is 0 Å². The highest BCUT2D eigenvalue weighted by Crippen LogP contribution is 2.28. The van der Waals surface area contributed by atoms with Crippen LogP contribution in [0.5, 0.6) is 0 Å². The standard InChI is InChI=1S/C18H24N2O2S/c21-17(19-8-3-1-4-9-19)16-12-14-7-11-23-18(14)20(16)13-15-6-2-5-10-22-15/h7,11-12,15H,1-6,8-10,13H2. The Morgan fingerprint density at radius 2 is 2.09 bits per heavy atom. The van der Waals surface area contributed by atoms with Gasteiger partial charge in [0.05, 0.1) is 12.6 Å². The molecule has 2 aliphatic rings. The first-order valence-electron chi connectivity index (χ1n) is 8.80. The number of likely N-dealkylation sites (tertiary alicyclic amines) is 1. The first-order chi connectivity index (χ1) is 11.3. The molecule has 1 atom stereocenters. The molecule has 4 nitrogen and oxygen atoms in total. The fourth-order valence-electron chi connectivity index (χ4n) is 3.75. The molecule has 4 rings (SSSR count). The van der Waals surface area contributed by atoms with Crippen LogP contribution < -0.4 is 0 Å². The first-order valence-corrected chi connectivity index (χ1v) is 9.68. The summed E-state index contributed by atoms with van der Waals surface area (Å²) in [6.07, 6.45) is 7.25. The molecule has 0 radical (unpaired) electrons. The molecule has 0 aromatic carbocycles. The molecule has 5 heteroatoms. The van der Waals surface area contributed by atoms with E-state index in [1.807, 2.05) is 4.90 Å². The second-order valence-electron chi connectivity index (χ2n) is 6.66. The van der Waals surface area contributed by atoms with Gasteiger partial charge in [0.2, 0.25) is 0 Å². The molecule has 0 saturated carbocycles. The number of ether oxygens (including phenoxy) is 1. The molecule has 2 saturated heterocycles. The van der Waals surface area contributed by atoms with Crippen LogP contribution in [-0.2, 0) is 11.3 Å². The van der Waals surface area contributed by atoms with Crippen LogP contribution >= 0.6 is 11.3 Å². The molecule has 124 valence electrons. The molecule has 0 N–H and O–H groups in total. The predicted octanol–water partition coefficient (Wildman–Crippen LogP) is 3.90. The van der Waals surface area contributed by atoms with Crippen molar-refractivity contribution >= 4 is 27.5 Å². The summed E-state index contributed by atoms with van der Waals surface area (Å²) in [5.74, 6) is 0.198. The number of amides is 1. The van der Waals surface area contributed by atoms with Gasteiger partial charge in [-0.1, -0.05) is 0 Å². The summed E-state index contributed by atoms with van der Waals surface area (Å²) in [6.45, 7) is 3.46. The average Bonchev–Trinajstić information content (AvgIpc) is 3.19. The third kappa shape index (κ3) is 3.04. The van der Waals surface area contributed by atoms with E-state index in [1.165, 1.54) is 23.1 Å². The highest BCUT2D eigenvalue weighted by molar-refractivity contribution is 7.16. The summed E-state index contributed by atoms with van der Waals surface area (Å²) in [6, 6.07) is 4.19. The summed E-state index contributed by atoms with van der Waals surface area (Å²) in [5.41, 5.74) is 0.850.